The predicted octanol–water partition coefficient (Wildman–Crippen LogP) is 21.8. The molecule has 3 N–H and O–H groups in total. The molecule has 0 rings (SSSR count). The van der Waals surface area contributed by atoms with Crippen LogP contribution in [0.3, 0.4) is 0 Å². The van der Waals surface area contributed by atoms with Crippen LogP contribution in [0.1, 0.15) is 380 Å². The van der Waals surface area contributed by atoms with Crippen molar-refractivity contribution in [1.82, 2.24) is 5.32 Å². The highest BCUT2D eigenvalue weighted by molar-refractivity contribution is 5.76. The molecule has 2 unspecified atom stereocenters. The number of unbranched alkanes of at least 4 members (excludes halogenated alkanes) is 49. The zero-order valence-electron chi connectivity index (χ0n) is 50.8. The van der Waals surface area contributed by atoms with Crippen LogP contribution in [-0.2, 0) is 14.3 Å². The minimum absolute atomic E-state index is 0.00484. The molecule has 6 heteroatoms. The second kappa shape index (κ2) is 64.9. The van der Waals surface area contributed by atoms with Crippen molar-refractivity contribution in [2.24, 2.45) is 0 Å². The lowest BCUT2D eigenvalue weighted by molar-refractivity contribution is -0.143. The van der Waals surface area contributed by atoms with E-state index in [2.05, 4.69) is 43.5 Å². The minimum Gasteiger partial charge on any atom is -0.466 e. The normalized spacial score (nSPS) is 12.6. The Kier molecular flexibility index (Phi) is 63.4. The molecule has 1 amide bonds. The zero-order valence-corrected chi connectivity index (χ0v) is 50.8. The van der Waals surface area contributed by atoms with E-state index >= 15 is 0 Å². The summed E-state index contributed by atoms with van der Waals surface area (Å²) in [4.78, 5) is 24.6. The molecule has 0 heterocycles. The summed E-state index contributed by atoms with van der Waals surface area (Å²) in [6, 6.07) is -0.544. The summed E-state index contributed by atoms with van der Waals surface area (Å²) in [6.07, 6.45) is 80.7. The molecule has 0 saturated carbocycles. The van der Waals surface area contributed by atoms with Gasteiger partial charge < -0.3 is 20.3 Å². The van der Waals surface area contributed by atoms with E-state index in [-0.39, 0.29) is 18.5 Å². The number of allylic oxidation sites excluding steroid dienone is 4. The van der Waals surface area contributed by atoms with Gasteiger partial charge in [-0.05, 0) is 77.0 Å². The van der Waals surface area contributed by atoms with Crippen LogP contribution in [0.5, 0.6) is 0 Å². The highest BCUT2D eigenvalue weighted by atomic mass is 16.5. The van der Waals surface area contributed by atoms with Crippen LogP contribution in [0.25, 0.3) is 0 Å². The van der Waals surface area contributed by atoms with E-state index in [0.717, 1.165) is 44.9 Å². The van der Waals surface area contributed by atoms with E-state index in [1.165, 1.54) is 302 Å². The van der Waals surface area contributed by atoms with Crippen molar-refractivity contribution in [3.8, 4) is 0 Å². The lowest BCUT2D eigenvalue weighted by atomic mass is 10.0. The third kappa shape index (κ3) is 61.4. The Balaban J connectivity index is 3.40. The molecule has 0 aromatic carbocycles. The standard InChI is InChI=1S/C69H133NO5/c1-3-5-7-9-11-13-15-17-18-19-20-28-31-34-38-41-45-49-53-57-61-67(72)66(65-71)70-68(73)62-58-54-50-46-42-39-35-32-29-26-24-22-21-23-25-27-30-33-36-40-44-48-52-56-60-64-75-69(74)63-59-55-51-47-43-37-16-14-12-10-8-6-4-2/h14,16,22,24,66-67,71-72H,3-13,15,17-21,23,25-65H2,1-2H3,(H,70,73)/b16-14-,24-22-. The molecular weight excluding hydrogens is 923 g/mol. The van der Waals surface area contributed by atoms with Crippen molar-refractivity contribution in [1.29, 1.82) is 0 Å². The van der Waals surface area contributed by atoms with Crippen molar-refractivity contribution in [3.63, 3.8) is 0 Å². The van der Waals surface area contributed by atoms with Crippen LogP contribution >= 0.6 is 0 Å². The number of rotatable bonds is 64. The van der Waals surface area contributed by atoms with Crippen LogP contribution in [0, 0.1) is 0 Å². The van der Waals surface area contributed by atoms with E-state index in [1.54, 1.807) is 0 Å². The van der Waals surface area contributed by atoms with E-state index in [9.17, 15) is 19.8 Å². The number of carbonyl (C=O) groups excluding carboxylic acids is 2. The SMILES string of the molecule is CCCCCC/C=C\CCCCCCCC(=O)OCCCCCCCCCCCCCC/C=C\CCCCCCCCCCCC(=O)NC(CO)C(O)CCCCCCCCCCCCCCCCCCCCCC. The second-order valence-corrected chi connectivity index (χ2v) is 23.5. The van der Waals surface area contributed by atoms with Crippen LogP contribution in [0.15, 0.2) is 24.3 Å². The van der Waals surface area contributed by atoms with Crippen molar-refractivity contribution < 1.29 is 24.5 Å². The van der Waals surface area contributed by atoms with Crippen LogP contribution in [0.4, 0.5) is 0 Å². The lowest BCUT2D eigenvalue weighted by Crippen LogP contribution is -2.45. The fourth-order valence-electron chi connectivity index (χ4n) is 10.7. The Bertz CT molecular complexity index is 1170. The van der Waals surface area contributed by atoms with Crippen LogP contribution in [0.2, 0.25) is 0 Å². The first-order valence-corrected chi connectivity index (χ1v) is 34.1. The lowest BCUT2D eigenvalue weighted by Gasteiger charge is -2.22. The van der Waals surface area contributed by atoms with Gasteiger partial charge in [0, 0.05) is 12.8 Å². The van der Waals surface area contributed by atoms with Gasteiger partial charge in [0.05, 0.1) is 25.4 Å². The van der Waals surface area contributed by atoms with Gasteiger partial charge in [0.1, 0.15) is 0 Å². The third-order valence-corrected chi connectivity index (χ3v) is 16.0. The van der Waals surface area contributed by atoms with Gasteiger partial charge in [0.25, 0.3) is 0 Å². The smallest absolute Gasteiger partial charge is 0.305 e. The molecule has 0 aliphatic heterocycles. The first-order chi connectivity index (χ1) is 37.0. The van der Waals surface area contributed by atoms with E-state index < -0.39 is 12.1 Å². The van der Waals surface area contributed by atoms with Crippen LogP contribution in [-0.4, -0.2) is 47.4 Å². The Morgan fingerprint density at radius 1 is 0.360 bits per heavy atom. The monoisotopic (exact) mass is 1060 g/mol. The third-order valence-electron chi connectivity index (χ3n) is 16.0. The van der Waals surface area contributed by atoms with Gasteiger partial charge in [-0.1, -0.05) is 314 Å². The molecule has 75 heavy (non-hydrogen) atoms. The van der Waals surface area contributed by atoms with Crippen molar-refractivity contribution in [2.45, 2.75) is 392 Å². The maximum Gasteiger partial charge on any atom is 0.305 e. The summed E-state index contributed by atoms with van der Waals surface area (Å²) in [5.41, 5.74) is 0. The van der Waals surface area contributed by atoms with Crippen molar-refractivity contribution in [2.75, 3.05) is 13.2 Å². The van der Waals surface area contributed by atoms with Crippen LogP contribution < -0.4 is 5.32 Å². The molecule has 0 spiro atoms. The quantitative estimate of drug-likeness (QED) is 0.0320. The molecule has 0 aliphatic carbocycles. The van der Waals surface area contributed by atoms with Crippen molar-refractivity contribution >= 4 is 11.9 Å². The summed E-state index contributed by atoms with van der Waals surface area (Å²) in [5.74, 6) is -0.0294. The fourth-order valence-corrected chi connectivity index (χ4v) is 10.7. The summed E-state index contributed by atoms with van der Waals surface area (Å²) >= 11 is 0. The Morgan fingerprint density at radius 3 is 0.960 bits per heavy atom. The largest absolute Gasteiger partial charge is 0.466 e. The number of nitrogens with one attached hydrogen (secondary N) is 1. The molecule has 0 aliphatic rings. The second-order valence-electron chi connectivity index (χ2n) is 23.5. The van der Waals surface area contributed by atoms with Gasteiger partial charge in [-0.15, -0.1) is 0 Å². The average Bonchev–Trinajstić information content (AvgIpc) is 3.41. The predicted molar refractivity (Wildman–Crippen MR) is 329 cm³/mol. The molecular formula is C69H133NO5. The van der Waals surface area contributed by atoms with Gasteiger partial charge in [-0.2, -0.15) is 0 Å². The first kappa shape index (κ1) is 73.3. The highest BCUT2D eigenvalue weighted by Gasteiger charge is 2.20. The number of aliphatic hydroxyl groups excluding tert-OH is 2. The van der Waals surface area contributed by atoms with Gasteiger partial charge in [0.15, 0.2) is 0 Å². The van der Waals surface area contributed by atoms with E-state index in [1.807, 2.05) is 0 Å². The highest BCUT2D eigenvalue weighted by Crippen LogP contribution is 2.18. The van der Waals surface area contributed by atoms with E-state index in [0.29, 0.717) is 25.9 Å². The molecule has 0 aromatic heterocycles. The number of hydrogen-bond donors (Lipinski definition) is 3. The minimum atomic E-state index is -0.667. The maximum absolute atomic E-state index is 12.5. The summed E-state index contributed by atoms with van der Waals surface area (Å²) < 4.78 is 5.48. The molecule has 444 valence electrons. The Labute approximate surface area is 469 Å². The average molecular weight is 1060 g/mol. The number of carbonyl (C=O) groups is 2. The molecule has 0 saturated heterocycles. The first-order valence-electron chi connectivity index (χ1n) is 34.1. The Morgan fingerprint density at radius 2 is 0.627 bits per heavy atom. The summed E-state index contributed by atoms with van der Waals surface area (Å²) in [6.45, 7) is 4.97. The Hall–Kier alpha value is -1.66. The van der Waals surface area contributed by atoms with Gasteiger partial charge in [-0.25, -0.2) is 0 Å². The number of amides is 1. The number of esters is 1. The maximum atomic E-state index is 12.5. The van der Waals surface area contributed by atoms with Gasteiger partial charge in [0.2, 0.25) is 5.91 Å². The van der Waals surface area contributed by atoms with E-state index in [4.69, 9.17) is 4.74 Å². The summed E-state index contributed by atoms with van der Waals surface area (Å²) in [5, 5.41) is 23.4. The van der Waals surface area contributed by atoms with Gasteiger partial charge >= 0.3 is 5.97 Å². The number of hydrogen-bond acceptors (Lipinski definition) is 5. The number of aliphatic hydroxyl groups is 2. The number of ether oxygens (including phenoxy) is 1. The topological polar surface area (TPSA) is 95.9 Å². The molecule has 0 radical (unpaired) electrons. The zero-order chi connectivity index (χ0) is 54.3. The fraction of sp³-hybridized carbons (Fsp3) is 0.913. The van der Waals surface area contributed by atoms with Crippen molar-refractivity contribution in [3.05, 3.63) is 24.3 Å². The summed E-state index contributed by atoms with van der Waals surface area (Å²) in [7, 11) is 0. The molecule has 2 atom stereocenters. The van der Waals surface area contributed by atoms with Gasteiger partial charge in [-0.3, -0.25) is 9.59 Å². The molecule has 0 aromatic rings. The molecule has 0 fully saturated rings. The molecule has 0 bridgehead atoms. The molecule has 6 nitrogen and oxygen atoms in total.